The topological polar surface area (TPSA) is 50.1 Å². The maximum absolute atomic E-state index is 10.8. The van der Waals surface area contributed by atoms with Crippen molar-refractivity contribution in [3.05, 3.63) is 35.9 Å². The van der Waals surface area contributed by atoms with Crippen LogP contribution in [0.4, 0.5) is 0 Å². The highest BCUT2D eigenvalue weighted by atomic mass is 32.1. The Balaban J connectivity index is 0.000000424. The molecule has 0 saturated carbocycles. The summed E-state index contributed by atoms with van der Waals surface area (Å²) in [5.41, 5.74) is 0.588. The molecule has 0 unspecified atom stereocenters. The predicted octanol–water partition coefficient (Wildman–Crippen LogP) is 1.49. The maximum atomic E-state index is 10.8. The molecule has 0 radical (unpaired) electrons. The number of thiocyanates is 1. The molecule has 68 valence electrons. The number of rotatable bonds is 1. The normalized spacial score (nSPS) is 7.38. The highest BCUT2D eigenvalue weighted by molar-refractivity contribution is 7.64. The zero-order chi connectivity index (χ0) is 10.1. The molecular formula is C9H8NO2S-. The molecule has 0 aliphatic heterocycles. The third-order valence-corrected chi connectivity index (χ3v) is 1.19. The summed E-state index contributed by atoms with van der Waals surface area (Å²) in [6, 6.07) is 8.88. The highest BCUT2D eigenvalue weighted by Crippen LogP contribution is 1.98. The first-order valence-electron chi connectivity index (χ1n) is 3.40. The van der Waals surface area contributed by atoms with Gasteiger partial charge in [0.25, 0.3) is 0 Å². The van der Waals surface area contributed by atoms with Crippen LogP contribution in [-0.4, -0.2) is 13.1 Å². The van der Waals surface area contributed by atoms with Gasteiger partial charge in [0, 0.05) is 0 Å². The number of nitrogens with zero attached hydrogens (tertiary/aromatic N) is 1. The van der Waals surface area contributed by atoms with E-state index in [1.807, 2.05) is 6.07 Å². The molecule has 0 N–H and O–H groups in total. The predicted molar refractivity (Wildman–Crippen MR) is 50.8 cm³/mol. The number of hydrogen-bond donors (Lipinski definition) is 0. The molecule has 0 amide bonds. The van der Waals surface area contributed by atoms with Crippen molar-refractivity contribution in [1.82, 2.24) is 0 Å². The Labute approximate surface area is 82.4 Å². The van der Waals surface area contributed by atoms with E-state index < -0.39 is 0 Å². The van der Waals surface area contributed by atoms with Crippen molar-refractivity contribution >= 4 is 18.6 Å². The zero-order valence-corrected chi connectivity index (χ0v) is 7.88. The van der Waals surface area contributed by atoms with Gasteiger partial charge in [-0.2, -0.15) is 0 Å². The Morgan fingerprint density at radius 3 is 2.31 bits per heavy atom. The lowest BCUT2D eigenvalue weighted by atomic mass is 10.2. The molecule has 13 heavy (non-hydrogen) atoms. The number of esters is 1. The molecule has 0 bridgehead atoms. The van der Waals surface area contributed by atoms with Gasteiger partial charge in [-0.25, -0.2) is 10.1 Å². The lowest BCUT2D eigenvalue weighted by Gasteiger charge is -1.95. The van der Waals surface area contributed by atoms with Gasteiger partial charge in [0.15, 0.2) is 0 Å². The number of benzene rings is 1. The monoisotopic (exact) mass is 194 g/mol. The first-order chi connectivity index (χ1) is 6.26. The van der Waals surface area contributed by atoms with Gasteiger partial charge in [0.1, 0.15) is 0 Å². The SMILES string of the molecule is COC(=O)c1ccccc1.N#C[S-]. The Kier molecular flexibility index (Phi) is 6.20. The molecule has 0 saturated heterocycles. The molecular weight excluding hydrogens is 186 g/mol. The number of carbonyl (C=O) groups is 1. The van der Waals surface area contributed by atoms with E-state index in [2.05, 4.69) is 17.4 Å². The van der Waals surface area contributed by atoms with Gasteiger partial charge in [-0.15, -0.1) is 0 Å². The number of carbonyl (C=O) groups excluding carboxylic acids is 1. The summed E-state index contributed by atoms with van der Waals surface area (Å²) in [5, 5.41) is 8.47. The highest BCUT2D eigenvalue weighted by Gasteiger charge is 2.00. The summed E-state index contributed by atoms with van der Waals surface area (Å²) in [7, 11) is 1.37. The Bertz CT molecular complexity index is 292. The van der Waals surface area contributed by atoms with Gasteiger partial charge < -0.3 is 17.4 Å². The summed E-state index contributed by atoms with van der Waals surface area (Å²) < 4.78 is 4.50. The van der Waals surface area contributed by atoms with Crippen LogP contribution in [-0.2, 0) is 17.4 Å². The molecule has 0 aliphatic carbocycles. The maximum Gasteiger partial charge on any atom is 0.337 e. The molecule has 4 heteroatoms. The molecule has 0 heterocycles. The van der Waals surface area contributed by atoms with E-state index in [4.69, 9.17) is 5.26 Å². The van der Waals surface area contributed by atoms with Crippen LogP contribution in [0, 0.1) is 10.7 Å². The summed E-state index contributed by atoms with van der Waals surface area (Å²) in [4.78, 5) is 10.8. The van der Waals surface area contributed by atoms with Gasteiger partial charge in [0.2, 0.25) is 0 Å². The lowest BCUT2D eigenvalue weighted by molar-refractivity contribution is 0.0601. The van der Waals surface area contributed by atoms with Crippen LogP contribution in [0.3, 0.4) is 0 Å². The summed E-state index contributed by atoms with van der Waals surface area (Å²) in [6.07, 6.45) is 0. The number of methoxy groups -OCH3 is 1. The number of hydrogen-bond acceptors (Lipinski definition) is 4. The van der Waals surface area contributed by atoms with E-state index in [0.717, 1.165) is 0 Å². The molecule has 1 aromatic rings. The van der Waals surface area contributed by atoms with Crippen LogP contribution < -0.4 is 0 Å². The van der Waals surface area contributed by atoms with Crippen molar-refractivity contribution in [1.29, 1.82) is 5.26 Å². The van der Waals surface area contributed by atoms with E-state index in [-0.39, 0.29) is 5.97 Å². The molecule has 0 spiro atoms. The molecule has 3 nitrogen and oxygen atoms in total. The zero-order valence-electron chi connectivity index (χ0n) is 7.06. The van der Waals surface area contributed by atoms with Crippen LogP contribution in [0.2, 0.25) is 0 Å². The summed E-state index contributed by atoms with van der Waals surface area (Å²) >= 11 is 3.70. The Morgan fingerprint density at radius 1 is 1.46 bits per heavy atom. The van der Waals surface area contributed by atoms with Gasteiger partial charge in [-0.3, -0.25) is 0 Å². The van der Waals surface area contributed by atoms with Crippen LogP contribution in [0.15, 0.2) is 30.3 Å². The van der Waals surface area contributed by atoms with Crippen LogP contribution >= 0.6 is 0 Å². The third kappa shape index (κ3) is 4.77. The average molecular weight is 194 g/mol. The van der Waals surface area contributed by atoms with Crippen LogP contribution in [0.25, 0.3) is 0 Å². The fraction of sp³-hybridized carbons (Fsp3) is 0.111. The molecule has 1 aromatic carbocycles. The fourth-order valence-corrected chi connectivity index (χ4v) is 0.692. The minimum atomic E-state index is -0.291. The van der Waals surface area contributed by atoms with E-state index in [1.54, 1.807) is 24.3 Å². The average Bonchev–Trinajstić information content (AvgIpc) is 2.19. The summed E-state index contributed by atoms with van der Waals surface area (Å²) in [6.45, 7) is 0. The van der Waals surface area contributed by atoms with E-state index in [1.165, 1.54) is 12.5 Å². The Morgan fingerprint density at radius 2 is 1.92 bits per heavy atom. The van der Waals surface area contributed by atoms with Gasteiger partial charge >= 0.3 is 5.97 Å². The quantitative estimate of drug-likeness (QED) is 0.386. The largest absolute Gasteiger partial charge is 0.696 e. The van der Waals surface area contributed by atoms with Crippen molar-refractivity contribution in [3.8, 4) is 5.40 Å². The minimum Gasteiger partial charge on any atom is -0.696 e. The molecule has 0 fully saturated rings. The van der Waals surface area contributed by atoms with Gasteiger partial charge in [-0.1, -0.05) is 23.6 Å². The molecule has 0 aromatic heterocycles. The molecule has 0 aliphatic rings. The first kappa shape index (κ1) is 11.4. The second kappa shape index (κ2) is 7.07. The van der Waals surface area contributed by atoms with E-state index in [0.29, 0.717) is 5.56 Å². The molecule has 1 rings (SSSR count). The number of nitriles is 1. The van der Waals surface area contributed by atoms with Gasteiger partial charge in [-0.05, 0) is 12.1 Å². The standard InChI is InChI=1S/C8H8O2.CHNS/c1-10-8(9)7-5-3-2-4-6-7;2-1-3/h2-6H,1H3;3H/p-1. The van der Waals surface area contributed by atoms with E-state index >= 15 is 0 Å². The minimum absolute atomic E-state index is 0.291. The van der Waals surface area contributed by atoms with Crippen LogP contribution in [0.1, 0.15) is 10.4 Å². The van der Waals surface area contributed by atoms with Crippen molar-refractivity contribution in [2.24, 2.45) is 0 Å². The smallest absolute Gasteiger partial charge is 0.337 e. The van der Waals surface area contributed by atoms with Crippen molar-refractivity contribution in [3.63, 3.8) is 0 Å². The van der Waals surface area contributed by atoms with Crippen LogP contribution in [0.5, 0.6) is 0 Å². The molecule has 0 atom stereocenters. The summed E-state index contributed by atoms with van der Waals surface area (Å²) in [5.74, 6) is -0.291. The van der Waals surface area contributed by atoms with Gasteiger partial charge in [0.05, 0.1) is 12.7 Å². The fourth-order valence-electron chi connectivity index (χ4n) is 0.692. The van der Waals surface area contributed by atoms with E-state index in [9.17, 15) is 4.79 Å². The third-order valence-electron chi connectivity index (χ3n) is 1.19. The van der Waals surface area contributed by atoms with Crippen molar-refractivity contribution in [2.75, 3.05) is 7.11 Å². The first-order valence-corrected chi connectivity index (χ1v) is 3.81. The second-order valence-corrected chi connectivity index (χ2v) is 2.13. The second-order valence-electron chi connectivity index (χ2n) is 1.95. The number of ether oxygens (including phenoxy) is 1. The van der Waals surface area contributed by atoms with Crippen molar-refractivity contribution in [2.45, 2.75) is 0 Å². The Hall–Kier alpha value is -1.60. The van der Waals surface area contributed by atoms with Crippen molar-refractivity contribution < 1.29 is 9.53 Å². The lowest BCUT2D eigenvalue weighted by Crippen LogP contribution is -1.99.